The molecule has 1 saturated heterocycles. The smallest absolute Gasteiger partial charge is 0.507 e. The number of amides is 1. The molecule has 0 spiro atoms. The molecule has 0 bridgehead atoms. The van der Waals surface area contributed by atoms with Crippen molar-refractivity contribution in [1.82, 2.24) is 0 Å². The molecular weight excluding hydrogens is 475 g/mol. The number of ether oxygens (including phenoxy) is 2. The van der Waals surface area contributed by atoms with Crippen LogP contribution < -0.4 is 14.4 Å². The quantitative estimate of drug-likeness (QED) is 0.246. The van der Waals surface area contributed by atoms with E-state index in [2.05, 4.69) is 4.74 Å². The Kier molecular flexibility index (Phi) is 7.00. The highest BCUT2D eigenvalue weighted by Gasteiger charge is 2.47. The van der Waals surface area contributed by atoms with Crippen LogP contribution in [0.15, 0.2) is 84.4 Å². The first-order chi connectivity index (χ1) is 17.2. The molecule has 3 aromatic carbocycles. The number of carbonyl (C=O) groups is 2. The van der Waals surface area contributed by atoms with Gasteiger partial charge in [-0.25, -0.2) is 0 Å². The van der Waals surface area contributed by atoms with Crippen molar-refractivity contribution < 1.29 is 37.3 Å². The molecule has 1 amide bonds. The lowest BCUT2D eigenvalue weighted by atomic mass is 9.95. The number of anilines is 1. The maximum Gasteiger partial charge on any atom is 0.573 e. The Morgan fingerprint density at radius 2 is 1.64 bits per heavy atom. The van der Waals surface area contributed by atoms with E-state index < -0.39 is 35.6 Å². The molecule has 0 saturated carbocycles. The molecule has 1 fully saturated rings. The summed E-state index contributed by atoms with van der Waals surface area (Å²) < 4.78 is 48.0. The minimum atomic E-state index is -4.93. The normalized spacial score (nSPS) is 17.3. The first kappa shape index (κ1) is 24.8. The molecule has 1 heterocycles. The van der Waals surface area contributed by atoms with Crippen molar-refractivity contribution in [1.29, 1.82) is 0 Å². The molecule has 4 rings (SSSR count). The fraction of sp³-hybridized carbons (Fsp3) is 0.185. The number of alkyl halides is 3. The topological polar surface area (TPSA) is 76.1 Å². The summed E-state index contributed by atoms with van der Waals surface area (Å²) in [4.78, 5) is 27.4. The van der Waals surface area contributed by atoms with Crippen molar-refractivity contribution in [2.24, 2.45) is 0 Å². The lowest BCUT2D eigenvalue weighted by Crippen LogP contribution is -2.29. The summed E-state index contributed by atoms with van der Waals surface area (Å²) in [7, 11) is 0. The largest absolute Gasteiger partial charge is 0.573 e. The molecule has 1 atom stereocenters. The van der Waals surface area contributed by atoms with Crippen molar-refractivity contribution in [3.05, 3.63) is 95.6 Å². The number of ketones is 1. The second kappa shape index (κ2) is 10.2. The van der Waals surface area contributed by atoms with E-state index in [0.29, 0.717) is 17.9 Å². The molecule has 6 nitrogen and oxygen atoms in total. The number of aliphatic hydroxyl groups is 1. The maximum atomic E-state index is 13.2. The van der Waals surface area contributed by atoms with Gasteiger partial charge in [0.1, 0.15) is 17.3 Å². The summed E-state index contributed by atoms with van der Waals surface area (Å²) >= 11 is 0. The molecule has 0 aromatic heterocycles. The Bertz CT molecular complexity index is 1300. The molecule has 1 N–H and O–H groups in total. The van der Waals surface area contributed by atoms with Crippen molar-refractivity contribution in [2.75, 3.05) is 11.5 Å². The van der Waals surface area contributed by atoms with Gasteiger partial charge in [0.2, 0.25) is 0 Å². The fourth-order valence-corrected chi connectivity index (χ4v) is 3.99. The van der Waals surface area contributed by atoms with E-state index in [4.69, 9.17) is 4.74 Å². The van der Waals surface area contributed by atoms with Gasteiger partial charge in [0.05, 0.1) is 18.2 Å². The summed E-state index contributed by atoms with van der Waals surface area (Å²) in [6.07, 6.45) is -4.16. The number of halogens is 3. The third kappa shape index (κ3) is 5.19. The molecular formula is C27H22F3NO5. The van der Waals surface area contributed by atoms with Gasteiger partial charge < -0.3 is 14.6 Å². The zero-order valence-corrected chi connectivity index (χ0v) is 19.2. The van der Waals surface area contributed by atoms with Gasteiger partial charge in [-0.05, 0) is 36.2 Å². The van der Waals surface area contributed by atoms with Gasteiger partial charge in [-0.2, -0.15) is 0 Å². The van der Waals surface area contributed by atoms with E-state index in [1.807, 2.05) is 6.92 Å². The number of nitrogens with zero attached hydrogens (tertiary/aromatic N) is 1. The third-order valence-electron chi connectivity index (χ3n) is 5.47. The number of hydrogen-bond acceptors (Lipinski definition) is 5. The zero-order chi connectivity index (χ0) is 25.9. The second-order valence-corrected chi connectivity index (χ2v) is 8.00. The molecule has 1 aliphatic rings. The Morgan fingerprint density at radius 1 is 0.944 bits per heavy atom. The van der Waals surface area contributed by atoms with E-state index in [9.17, 15) is 27.9 Å². The molecule has 9 heteroatoms. The first-order valence-electron chi connectivity index (χ1n) is 11.1. The van der Waals surface area contributed by atoms with Crippen LogP contribution in [0, 0.1) is 0 Å². The number of rotatable bonds is 7. The summed E-state index contributed by atoms with van der Waals surface area (Å²) in [5.41, 5.74) is 0.559. The average Bonchev–Trinajstić information content (AvgIpc) is 3.12. The van der Waals surface area contributed by atoms with Crippen LogP contribution in [0.2, 0.25) is 0 Å². The summed E-state index contributed by atoms with van der Waals surface area (Å²) in [6, 6.07) is 18.6. The van der Waals surface area contributed by atoms with E-state index in [1.54, 1.807) is 54.6 Å². The highest BCUT2D eigenvalue weighted by Crippen LogP contribution is 2.43. The van der Waals surface area contributed by atoms with E-state index in [-0.39, 0.29) is 16.8 Å². The predicted octanol–water partition coefficient (Wildman–Crippen LogP) is 6.00. The van der Waals surface area contributed by atoms with E-state index in [1.165, 1.54) is 12.1 Å². The average molecular weight is 497 g/mol. The van der Waals surface area contributed by atoms with Gasteiger partial charge in [0, 0.05) is 17.3 Å². The van der Waals surface area contributed by atoms with Crippen LogP contribution in [0.3, 0.4) is 0 Å². The van der Waals surface area contributed by atoms with Gasteiger partial charge in [-0.3, -0.25) is 14.5 Å². The fourth-order valence-electron chi connectivity index (χ4n) is 3.99. The van der Waals surface area contributed by atoms with Crippen LogP contribution in [-0.4, -0.2) is 29.8 Å². The van der Waals surface area contributed by atoms with Crippen molar-refractivity contribution in [3.63, 3.8) is 0 Å². The molecule has 0 radical (unpaired) electrons. The molecule has 186 valence electrons. The Hall–Kier alpha value is -4.27. The van der Waals surface area contributed by atoms with E-state index >= 15 is 0 Å². The van der Waals surface area contributed by atoms with Crippen LogP contribution in [-0.2, 0) is 9.59 Å². The third-order valence-corrected chi connectivity index (χ3v) is 5.47. The first-order valence-corrected chi connectivity index (χ1v) is 11.1. The molecule has 0 aliphatic carbocycles. The SMILES string of the molecule is CCCOc1cccc(/C(O)=C2\C(=O)C(=O)N(c3cccc(OC(F)(F)F)c3)C2c2ccccc2)c1. The Morgan fingerprint density at radius 3 is 2.33 bits per heavy atom. The maximum absolute atomic E-state index is 13.2. The van der Waals surface area contributed by atoms with Gasteiger partial charge >= 0.3 is 6.36 Å². The molecule has 1 aliphatic heterocycles. The Balaban J connectivity index is 1.85. The number of benzene rings is 3. The minimum Gasteiger partial charge on any atom is -0.507 e. The van der Waals surface area contributed by atoms with Crippen molar-refractivity contribution in [3.8, 4) is 11.5 Å². The molecule has 36 heavy (non-hydrogen) atoms. The van der Waals surface area contributed by atoms with E-state index in [0.717, 1.165) is 23.5 Å². The summed E-state index contributed by atoms with van der Waals surface area (Å²) in [6.45, 7) is 2.40. The minimum absolute atomic E-state index is 0.00628. The standard InChI is InChI=1S/C27H22F3NO5/c1-2-14-35-20-12-6-10-18(15-20)24(32)22-23(17-8-4-3-5-9-17)31(26(34)25(22)33)19-11-7-13-21(16-19)36-27(28,29)30/h3-13,15-16,23,32H,2,14H2,1H3/b24-22+. The monoisotopic (exact) mass is 497 g/mol. The Labute approximate surface area is 205 Å². The highest BCUT2D eigenvalue weighted by molar-refractivity contribution is 6.51. The second-order valence-electron chi connectivity index (χ2n) is 8.00. The highest BCUT2D eigenvalue weighted by atomic mass is 19.4. The number of carbonyl (C=O) groups excluding carboxylic acids is 2. The summed E-state index contributed by atoms with van der Waals surface area (Å²) in [5.74, 6) is -2.46. The van der Waals surface area contributed by atoms with Gasteiger partial charge in [0.25, 0.3) is 11.7 Å². The molecule has 1 unspecified atom stereocenters. The van der Waals surface area contributed by atoms with Gasteiger partial charge in [-0.15, -0.1) is 13.2 Å². The predicted molar refractivity (Wildman–Crippen MR) is 127 cm³/mol. The van der Waals surface area contributed by atoms with Gasteiger partial charge in [0.15, 0.2) is 0 Å². The van der Waals surface area contributed by atoms with Crippen LogP contribution in [0.25, 0.3) is 5.76 Å². The molecule has 3 aromatic rings. The van der Waals surface area contributed by atoms with Crippen molar-refractivity contribution in [2.45, 2.75) is 25.7 Å². The zero-order valence-electron chi connectivity index (χ0n) is 19.2. The lowest BCUT2D eigenvalue weighted by Gasteiger charge is -2.26. The van der Waals surface area contributed by atoms with Crippen LogP contribution in [0.4, 0.5) is 18.9 Å². The van der Waals surface area contributed by atoms with Crippen LogP contribution >= 0.6 is 0 Å². The number of Topliss-reactive ketones (excluding diaryl/α,β-unsaturated/α-hetero) is 1. The van der Waals surface area contributed by atoms with Gasteiger partial charge in [-0.1, -0.05) is 55.5 Å². The lowest BCUT2D eigenvalue weighted by molar-refractivity contribution is -0.274. The van der Waals surface area contributed by atoms with Crippen LogP contribution in [0.1, 0.15) is 30.5 Å². The van der Waals surface area contributed by atoms with Crippen molar-refractivity contribution >= 4 is 23.1 Å². The number of hydrogen-bond donors (Lipinski definition) is 1. The van der Waals surface area contributed by atoms with Crippen LogP contribution in [0.5, 0.6) is 11.5 Å². The number of aliphatic hydroxyl groups excluding tert-OH is 1. The summed E-state index contributed by atoms with van der Waals surface area (Å²) in [5, 5.41) is 11.2.